The van der Waals surface area contributed by atoms with Crippen molar-refractivity contribution in [1.82, 2.24) is 14.7 Å². The molecule has 1 heterocycles. The maximum atomic E-state index is 12.0. The third-order valence-electron chi connectivity index (χ3n) is 3.65. The van der Waals surface area contributed by atoms with Gasteiger partial charge in [-0.2, -0.15) is 0 Å². The Morgan fingerprint density at radius 2 is 1.83 bits per heavy atom. The number of amides is 1. The van der Waals surface area contributed by atoms with E-state index >= 15 is 0 Å². The second kappa shape index (κ2) is 7.71. The van der Waals surface area contributed by atoms with Crippen molar-refractivity contribution in [1.29, 1.82) is 0 Å². The van der Waals surface area contributed by atoms with E-state index in [1.54, 1.807) is 0 Å². The molecule has 1 amide bonds. The van der Waals surface area contributed by atoms with E-state index in [1.165, 1.54) is 0 Å². The number of nitrogens with zero attached hydrogens (tertiary/aromatic N) is 3. The molecule has 1 rings (SSSR count). The van der Waals surface area contributed by atoms with Crippen molar-refractivity contribution in [3.63, 3.8) is 0 Å². The summed E-state index contributed by atoms with van der Waals surface area (Å²) in [6.07, 6.45) is 1.12. The van der Waals surface area contributed by atoms with Crippen molar-refractivity contribution in [2.45, 2.75) is 26.3 Å². The summed E-state index contributed by atoms with van der Waals surface area (Å²) < 4.78 is 0. The summed E-state index contributed by atoms with van der Waals surface area (Å²) in [5, 5.41) is 0. The molecule has 2 N–H and O–H groups in total. The van der Waals surface area contributed by atoms with E-state index in [-0.39, 0.29) is 11.9 Å². The molecule has 0 aliphatic carbocycles. The van der Waals surface area contributed by atoms with Gasteiger partial charge < -0.3 is 15.5 Å². The molecule has 0 bridgehead atoms. The number of rotatable bonds is 5. The van der Waals surface area contributed by atoms with Gasteiger partial charge in [-0.1, -0.05) is 0 Å². The van der Waals surface area contributed by atoms with Crippen molar-refractivity contribution in [2.75, 3.05) is 52.9 Å². The first-order chi connectivity index (χ1) is 8.54. The standard InChI is InChI=1S/C13H28N4O/c1-12(2)15(3)13(18)11-17-7-4-6-16(8-5-14)9-10-17/h12H,4-11,14H2,1-3H3. The summed E-state index contributed by atoms with van der Waals surface area (Å²) in [5.41, 5.74) is 5.58. The van der Waals surface area contributed by atoms with Crippen LogP contribution < -0.4 is 5.73 Å². The fourth-order valence-electron chi connectivity index (χ4n) is 2.18. The van der Waals surface area contributed by atoms with Gasteiger partial charge in [-0.25, -0.2) is 0 Å². The third-order valence-corrected chi connectivity index (χ3v) is 3.65. The van der Waals surface area contributed by atoms with Gasteiger partial charge in [0, 0.05) is 39.3 Å². The van der Waals surface area contributed by atoms with Gasteiger partial charge >= 0.3 is 0 Å². The molecule has 1 saturated heterocycles. The molecule has 0 unspecified atom stereocenters. The van der Waals surface area contributed by atoms with E-state index in [9.17, 15) is 4.79 Å². The van der Waals surface area contributed by atoms with Crippen LogP contribution in [0.1, 0.15) is 20.3 Å². The average Bonchev–Trinajstić information content (AvgIpc) is 2.54. The fourth-order valence-corrected chi connectivity index (χ4v) is 2.18. The zero-order chi connectivity index (χ0) is 13.5. The Bertz CT molecular complexity index is 257. The number of carbonyl (C=O) groups excluding carboxylic acids is 1. The molecule has 106 valence electrons. The quantitative estimate of drug-likeness (QED) is 0.741. The number of hydrogen-bond acceptors (Lipinski definition) is 4. The molecule has 1 aliphatic rings. The minimum atomic E-state index is 0.220. The summed E-state index contributed by atoms with van der Waals surface area (Å²) in [7, 11) is 1.88. The highest BCUT2D eigenvalue weighted by Crippen LogP contribution is 2.04. The molecule has 0 aromatic rings. The van der Waals surface area contributed by atoms with Crippen molar-refractivity contribution < 1.29 is 4.79 Å². The molecule has 0 aromatic heterocycles. The Kier molecular flexibility index (Phi) is 6.60. The zero-order valence-electron chi connectivity index (χ0n) is 12.1. The second-order valence-corrected chi connectivity index (χ2v) is 5.36. The predicted molar refractivity (Wildman–Crippen MR) is 74.5 cm³/mol. The minimum absolute atomic E-state index is 0.220. The average molecular weight is 256 g/mol. The first-order valence-corrected chi connectivity index (χ1v) is 6.95. The van der Waals surface area contributed by atoms with E-state index in [0.29, 0.717) is 6.54 Å². The first-order valence-electron chi connectivity index (χ1n) is 6.95. The maximum absolute atomic E-state index is 12.0. The summed E-state index contributed by atoms with van der Waals surface area (Å²) in [5.74, 6) is 0.220. The summed E-state index contributed by atoms with van der Waals surface area (Å²) in [4.78, 5) is 18.5. The topological polar surface area (TPSA) is 52.8 Å². The number of nitrogens with two attached hydrogens (primary N) is 1. The van der Waals surface area contributed by atoms with Crippen LogP contribution in [0.25, 0.3) is 0 Å². The van der Waals surface area contributed by atoms with Crippen molar-refractivity contribution in [3.05, 3.63) is 0 Å². The van der Waals surface area contributed by atoms with E-state index in [0.717, 1.165) is 45.7 Å². The van der Waals surface area contributed by atoms with Gasteiger partial charge in [0.1, 0.15) is 0 Å². The summed E-state index contributed by atoms with van der Waals surface area (Å²) >= 11 is 0. The Morgan fingerprint density at radius 3 is 2.44 bits per heavy atom. The Hall–Kier alpha value is -0.650. The van der Waals surface area contributed by atoms with Gasteiger partial charge in [-0.05, 0) is 33.4 Å². The first kappa shape index (κ1) is 15.4. The highest BCUT2D eigenvalue weighted by Gasteiger charge is 2.19. The molecule has 1 fully saturated rings. The lowest BCUT2D eigenvalue weighted by molar-refractivity contribution is -0.132. The van der Waals surface area contributed by atoms with Gasteiger partial charge in [-0.3, -0.25) is 9.69 Å². The second-order valence-electron chi connectivity index (χ2n) is 5.36. The van der Waals surface area contributed by atoms with E-state index in [1.807, 2.05) is 25.8 Å². The van der Waals surface area contributed by atoms with Crippen LogP contribution in [0.4, 0.5) is 0 Å². The fraction of sp³-hybridized carbons (Fsp3) is 0.923. The van der Waals surface area contributed by atoms with Gasteiger partial charge in [0.25, 0.3) is 0 Å². The van der Waals surface area contributed by atoms with E-state index in [2.05, 4.69) is 9.80 Å². The van der Waals surface area contributed by atoms with Crippen LogP contribution in [0, 0.1) is 0 Å². The molecule has 5 nitrogen and oxygen atoms in total. The lowest BCUT2D eigenvalue weighted by Crippen LogP contribution is -2.42. The molecular weight excluding hydrogens is 228 g/mol. The summed E-state index contributed by atoms with van der Waals surface area (Å²) in [6, 6.07) is 0.276. The maximum Gasteiger partial charge on any atom is 0.236 e. The van der Waals surface area contributed by atoms with Gasteiger partial charge in [-0.15, -0.1) is 0 Å². The van der Waals surface area contributed by atoms with Crippen LogP contribution in [-0.2, 0) is 4.79 Å². The van der Waals surface area contributed by atoms with Crippen LogP contribution in [-0.4, -0.2) is 79.5 Å². The van der Waals surface area contributed by atoms with Crippen LogP contribution in [0.5, 0.6) is 0 Å². The summed E-state index contributed by atoms with van der Waals surface area (Å²) in [6.45, 7) is 10.4. The van der Waals surface area contributed by atoms with Crippen molar-refractivity contribution in [2.24, 2.45) is 5.73 Å². The number of likely N-dealkylation sites (N-methyl/N-ethyl adjacent to an activating group) is 1. The highest BCUT2D eigenvalue weighted by molar-refractivity contribution is 5.78. The SMILES string of the molecule is CC(C)N(C)C(=O)CN1CCCN(CCN)CC1. The monoisotopic (exact) mass is 256 g/mol. The highest BCUT2D eigenvalue weighted by atomic mass is 16.2. The molecule has 0 aromatic carbocycles. The van der Waals surface area contributed by atoms with Crippen LogP contribution in [0.3, 0.4) is 0 Å². The lowest BCUT2D eigenvalue weighted by Gasteiger charge is -2.26. The van der Waals surface area contributed by atoms with Crippen LogP contribution >= 0.6 is 0 Å². The minimum Gasteiger partial charge on any atom is -0.342 e. The smallest absolute Gasteiger partial charge is 0.236 e. The van der Waals surface area contributed by atoms with E-state index in [4.69, 9.17) is 5.73 Å². The van der Waals surface area contributed by atoms with Gasteiger partial charge in [0.15, 0.2) is 0 Å². The normalized spacial score (nSPS) is 18.9. The van der Waals surface area contributed by atoms with Gasteiger partial charge in [0.2, 0.25) is 5.91 Å². The number of carbonyl (C=O) groups is 1. The lowest BCUT2D eigenvalue weighted by atomic mass is 10.3. The number of hydrogen-bond donors (Lipinski definition) is 1. The molecule has 5 heteroatoms. The van der Waals surface area contributed by atoms with Crippen molar-refractivity contribution in [3.8, 4) is 0 Å². The Morgan fingerprint density at radius 1 is 1.22 bits per heavy atom. The van der Waals surface area contributed by atoms with Gasteiger partial charge in [0.05, 0.1) is 6.54 Å². The molecule has 1 aliphatic heterocycles. The molecule has 18 heavy (non-hydrogen) atoms. The molecule has 0 spiro atoms. The molecule has 0 radical (unpaired) electrons. The Labute approximate surface area is 111 Å². The van der Waals surface area contributed by atoms with Crippen LogP contribution in [0.2, 0.25) is 0 Å². The zero-order valence-corrected chi connectivity index (χ0v) is 12.1. The van der Waals surface area contributed by atoms with Crippen molar-refractivity contribution >= 4 is 5.91 Å². The predicted octanol–water partition coefficient (Wildman–Crippen LogP) is -0.180. The Balaban J connectivity index is 2.37. The molecular formula is C13H28N4O. The third kappa shape index (κ3) is 4.92. The molecule has 0 atom stereocenters. The largest absolute Gasteiger partial charge is 0.342 e. The van der Waals surface area contributed by atoms with E-state index < -0.39 is 0 Å². The van der Waals surface area contributed by atoms with Crippen LogP contribution in [0.15, 0.2) is 0 Å². The molecule has 0 saturated carbocycles.